The molecular formula is C12H19FN2O2S. The van der Waals surface area contributed by atoms with E-state index in [-0.39, 0.29) is 11.4 Å². The first-order valence-electron chi connectivity index (χ1n) is 5.91. The van der Waals surface area contributed by atoms with Crippen molar-refractivity contribution in [3.05, 3.63) is 29.6 Å². The molecule has 0 bridgehead atoms. The van der Waals surface area contributed by atoms with Gasteiger partial charge in [-0.1, -0.05) is 6.92 Å². The van der Waals surface area contributed by atoms with Gasteiger partial charge in [0.2, 0.25) is 10.0 Å². The summed E-state index contributed by atoms with van der Waals surface area (Å²) in [7, 11) is -3.43. The molecule has 1 aromatic carbocycles. The molecule has 1 aromatic rings. The molecule has 2 N–H and O–H groups in total. The Hall–Kier alpha value is -1.14. The van der Waals surface area contributed by atoms with Crippen LogP contribution >= 0.6 is 0 Å². The van der Waals surface area contributed by atoms with Crippen LogP contribution in [0.2, 0.25) is 0 Å². The van der Waals surface area contributed by atoms with E-state index in [0.29, 0.717) is 12.1 Å². The van der Waals surface area contributed by atoms with Crippen LogP contribution in [0.3, 0.4) is 0 Å². The van der Waals surface area contributed by atoms with Crippen molar-refractivity contribution < 1.29 is 12.8 Å². The van der Waals surface area contributed by atoms with E-state index in [1.165, 1.54) is 12.1 Å². The highest BCUT2D eigenvalue weighted by atomic mass is 32.2. The lowest BCUT2D eigenvalue weighted by molar-refractivity contribution is 0.595. The lowest BCUT2D eigenvalue weighted by Crippen LogP contribution is -2.27. The van der Waals surface area contributed by atoms with Gasteiger partial charge in [-0.15, -0.1) is 0 Å². The molecule has 4 nitrogen and oxygen atoms in total. The first kappa shape index (κ1) is 14.9. The van der Waals surface area contributed by atoms with E-state index < -0.39 is 15.8 Å². The van der Waals surface area contributed by atoms with E-state index in [1.54, 1.807) is 13.0 Å². The third kappa shape index (κ3) is 5.46. The van der Waals surface area contributed by atoms with Crippen LogP contribution in [-0.2, 0) is 10.0 Å². The molecule has 102 valence electrons. The largest absolute Gasteiger partial charge is 0.316 e. The van der Waals surface area contributed by atoms with Gasteiger partial charge in [-0.3, -0.25) is 4.72 Å². The summed E-state index contributed by atoms with van der Waals surface area (Å²) < 4.78 is 38.9. The third-order valence-corrected chi connectivity index (χ3v) is 3.58. The zero-order valence-corrected chi connectivity index (χ0v) is 11.5. The van der Waals surface area contributed by atoms with Gasteiger partial charge >= 0.3 is 0 Å². The summed E-state index contributed by atoms with van der Waals surface area (Å²) >= 11 is 0. The molecule has 0 saturated heterocycles. The van der Waals surface area contributed by atoms with Crippen molar-refractivity contribution >= 4 is 15.7 Å². The average Bonchev–Trinajstić information content (AvgIpc) is 2.22. The number of rotatable bonds is 7. The molecular weight excluding hydrogens is 255 g/mol. The van der Waals surface area contributed by atoms with Crippen molar-refractivity contribution in [1.82, 2.24) is 5.32 Å². The van der Waals surface area contributed by atoms with Crippen LogP contribution < -0.4 is 10.0 Å². The van der Waals surface area contributed by atoms with Gasteiger partial charge in [-0.25, -0.2) is 12.8 Å². The van der Waals surface area contributed by atoms with Gasteiger partial charge in [0.1, 0.15) is 5.82 Å². The average molecular weight is 274 g/mol. The van der Waals surface area contributed by atoms with Crippen molar-refractivity contribution in [3.8, 4) is 0 Å². The van der Waals surface area contributed by atoms with Gasteiger partial charge in [0.05, 0.1) is 11.4 Å². The molecule has 0 unspecified atom stereocenters. The minimum atomic E-state index is -3.43. The fourth-order valence-corrected chi connectivity index (χ4v) is 2.53. The van der Waals surface area contributed by atoms with Gasteiger partial charge < -0.3 is 5.32 Å². The van der Waals surface area contributed by atoms with Gasteiger partial charge in [0.15, 0.2) is 0 Å². The number of halogens is 1. The highest BCUT2D eigenvalue weighted by Crippen LogP contribution is 2.14. The zero-order chi connectivity index (χ0) is 13.6. The molecule has 0 fully saturated rings. The molecule has 0 aromatic heterocycles. The van der Waals surface area contributed by atoms with Crippen LogP contribution in [0.25, 0.3) is 0 Å². The lowest BCUT2D eigenvalue weighted by Gasteiger charge is -2.09. The Morgan fingerprint density at radius 2 is 1.94 bits per heavy atom. The van der Waals surface area contributed by atoms with Crippen molar-refractivity contribution in [1.29, 1.82) is 0 Å². The maximum absolute atomic E-state index is 13.1. The number of aryl methyl sites for hydroxylation is 1. The van der Waals surface area contributed by atoms with Crippen LogP contribution in [0.5, 0.6) is 0 Å². The molecule has 0 atom stereocenters. The van der Waals surface area contributed by atoms with Crippen molar-refractivity contribution in [2.75, 3.05) is 23.6 Å². The molecule has 0 amide bonds. The number of hydrogen-bond donors (Lipinski definition) is 2. The zero-order valence-electron chi connectivity index (χ0n) is 10.7. The van der Waals surface area contributed by atoms with Gasteiger partial charge in [0, 0.05) is 6.54 Å². The Morgan fingerprint density at radius 1 is 1.22 bits per heavy atom. The summed E-state index contributed by atoms with van der Waals surface area (Å²) in [6, 6.07) is 4.12. The molecule has 0 aliphatic rings. The van der Waals surface area contributed by atoms with E-state index in [4.69, 9.17) is 0 Å². The molecule has 6 heteroatoms. The second kappa shape index (κ2) is 6.70. The molecule has 0 saturated carbocycles. The molecule has 1 rings (SSSR count). The Kier molecular flexibility index (Phi) is 5.55. The second-order valence-electron chi connectivity index (χ2n) is 4.19. The molecule has 0 radical (unpaired) electrons. The molecule has 0 spiro atoms. The summed E-state index contributed by atoms with van der Waals surface area (Å²) in [5.41, 5.74) is 0.944. The lowest BCUT2D eigenvalue weighted by atomic mass is 10.2. The summed E-state index contributed by atoms with van der Waals surface area (Å²) in [5, 5.41) is 3.01. The Morgan fingerprint density at radius 3 is 2.56 bits per heavy atom. The van der Waals surface area contributed by atoms with Crippen LogP contribution in [0, 0.1) is 12.7 Å². The molecule has 0 aliphatic heterocycles. The van der Waals surface area contributed by atoms with Crippen LogP contribution in [-0.4, -0.2) is 27.3 Å². The number of anilines is 1. The first-order valence-corrected chi connectivity index (χ1v) is 7.56. The second-order valence-corrected chi connectivity index (χ2v) is 6.03. The fraction of sp³-hybridized carbons (Fsp3) is 0.500. The highest BCUT2D eigenvalue weighted by Gasteiger charge is 2.10. The van der Waals surface area contributed by atoms with Gasteiger partial charge in [-0.05, 0) is 43.7 Å². The van der Waals surface area contributed by atoms with Gasteiger partial charge in [0.25, 0.3) is 0 Å². The highest BCUT2D eigenvalue weighted by molar-refractivity contribution is 7.92. The maximum atomic E-state index is 13.1. The van der Waals surface area contributed by atoms with E-state index in [2.05, 4.69) is 10.0 Å². The molecule has 0 heterocycles. The van der Waals surface area contributed by atoms with Crippen LogP contribution in [0.15, 0.2) is 18.2 Å². The Balaban J connectivity index is 2.59. The number of sulfonamides is 1. The van der Waals surface area contributed by atoms with Gasteiger partial charge in [-0.2, -0.15) is 0 Å². The summed E-state index contributed by atoms with van der Waals surface area (Å²) in [4.78, 5) is 0. The van der Waals surface area contributed by atoms with Crippen LogP contribution in [0.1, 0.15) is 18.9 Å². The van der Waals surface area contributed by atoms with Crippen molar-refractivity contribution in [3.63, 3.8) is 0 Å². The van der Waals surface area contributed by atoms with E-state index in [0.717, 1.165) is 13.0 Å². The third-order valence-electron chi connectivity index (χ3n) is 2.29. The monoisotopic (exact) mass is 274 g/mol. The summed E-state index contributed by atoms with van der Waals surface area (Å²) in [6.45, 7) is 4.89. The summed E-state index contributed by atoms with van der Waals surface area (Å²) in [6.07, 6.45) is 0.955. The van der Waals surface area contributed by atoms with E-state index >= 15 is 0 Å². The first-order chi connectivity index (χ1) is 8.43. The number of nitrogens with one attached hydrogen (secondary N) is 2. The quantitative estimate of drug-likeness (QED) is 0.746. The van der Waals surface area contributed by atoms with Crippen molar-refractivity contribution in [2.45, 2.75) is 20.3 Å². The topological polar surface area (TPSA) is 58.2 Å². The van der Waals surface area contributed by atoms with E-state index in [1.807, 2.05) is 6.92 Å². The smallest absolute Gasteiger partial charge is 0.233 e. The van der Waals surface area contributed by atoms with E-state index in [9.17, 15) is 12.8 Å². The minimum absolute atomic E-state index is 0.0252. The maximum Gasteiger partial charge on any atom is 0.233 e. The fourth-order valence-electron chi connectivity index (χ4n) is 1.53. The minimum Gasteiger partial charge on any atom is -0.316 e. The summed E-state index contributed by atoms with van der Waals surface area (Å²) in [5.74, 6) is -0.473. The molecule has 18 heavy (non-hydrogen) atoms. The Bertz CT molecular complexity index is 469. The molecule has 0 aliphatic carbocycles. The predicted molar refractivity (Wildman–Crippen MR) is 71.7 cm³/mol. The SMILES string of the molecule is CCCNCCS(=O)(=O)Nc1cc(C)cc(F)c1. The number of benzene rings is 1. The normalized spacial score (nSPS) is 11.5. The predicted octanol–water partition coefficient (Wildman–Crippen LogP) is 1.88. The van der Waals surface area contributed by atoms with Crippen molar-refractivity contribution in [2.24, 2.45) is 0 Å². The number of hydrogen-bond acceptors (Lipinski definition) is 3. The Labute approximate surface area is 108 Å². The van der Waals surface area contributed by atoms with Crippen LogP contribution in [0.4, 0.5) is 10.1 Å². The standard InChI is InChI=1S/C12H19FN2O2S/c1-3-4-14-5-6-18(16,17)15-12-8-10(2)7-11(13)9-12/h7-9,14-15H,3-6H2,1-2H3.